The highest BCUT2D eigenvalue weighted by Gasteiger charge is 2.36. The number of fused-ring (bicyclic) bond motifs is 1. The van der Waals surface area contributed by atoms with Gasteiger partial charge in [-0.1, -0.05) is 39.0 Å². The maximum atomic E-state index is 13.6. The summed E-state index contributed by atoms with van der Waals surface area (Å²) >= 11 is 0. The van der Waals surface area contributed by atoms with Gasteiger partial charge in [0.15, 0.2) is 0 Å². The lowest BCUT2D eigenvalue weighted by atomic mass is 9.84. The fourth-order valence-corrected chi connectivity index (χ4v) is 2.01. The van der Waals surface area contributed by atoms with Gasteiger partial charge in [0, 0.05) is 12.1 Å². The summed E-state index contributed by atoms with van der Waals surface area (Å²) in [5.41, 5.74) is 2.01. The van der Waals surface area contributed by atoms with Crippen molar-refractivity contribution >= 4 is 0 Å². The molecule has 0 spiro atoms. The lowest BCUT2D eigenvalue weighted by molar-refractivity contribution is -0.0108. The van der Waals surface area contributed by atoms with E-state index >= 15 is 0 Å². The second-order valence-corrected chi connectivity index (χ2v) is 5.43. The summed E-state index contributed by atoms with van der Waals surface area (Å²) in [6, 6.07) is 5.30. The maximum absolute atomic E-state index is 13.6. The summed E-state index contributed by atoms with van der Waals surface area (Å²) in [7, 11) is 0. The van der Waals surface area contributed by atoms with Crippen LogP contribution in [0.15, 0.2) is 18.2 Å². The maximum Gasteiger partial charge on any atom is 0.285 e. The molecule has 0 bridgehead atoms. The van der Waals surface area contributed by atoms with Crippen LogP contribution in [0.5, 0.6) is 0 Å². The number of nitrogens with one attached hydrogen (secondary N) is 1. The summed E-state index contributed by atoms with van der Waals surface area (Å²) < 4.78 is 27.1. The molecule has 1 nitrogen and oxygen atoms in total. The number of hydrogen-bond donors (Lipinski definition) is 1. The minimum absolute atomic E-state index is 0.00175. The van der Waals surface area contributed by atoms with Crippen LogP contribution in [0.4, 0.5) is 8.78 Å². The van der Waals surface area contributed by atoms with Gasteiger partial charge in [0.2, 0.25) is 0 Å². The topological polar surface area (TPSA) is 12.0 Å². The Bertz CT molecular complexity index is 405. The van der Waals surface area contributed by atoms with Crippen LogP contribution in [-0.2, 0) is 17.9 Å². The number of benzene rings is 1. The van der Waals surface area contributed by atoms with Crippen LogP contribution in [0.2, 0.25) is 0 Å². The molecule has 3 heteroatoms. The molecule has 0 unspecified atom stereocenters. The molecule has 16 heavy (non-hydrogen) atoms. The third-order valence-electron chi connectivity index (χ3n) is 3.03. The SMILES string of the molecule is CC(C)(C)c1ccc2c(c1)CNCC2(F)F. The average Bonchev–Trinajstić information content (AvgIpc) is 2.15. The molecule has 0 saturated carbocycles. The van der Waals surface area contributed by atoms with Gasteiger partial charge in [-0.3, -0.25) is 0 Å². The Labute approximate surface area is 94.9 Å². The molecule has 0 aromatic heterocycles. The van der Waals surface area contributed by atoms with E-state index in [1.807, 2.05) is 12.1 Å². The Morgan fingerprint density at radius 2 is 1.94 bits per heavy atom. The molecule has 1 aromatic rings. The van der Waals surface area contributed by atoms with Gasteiger partial charge in [0.05, 0.1) is 6.54 Å². The van der Waals surface area contributed by atoms with Crippen LogP contribution in [0.1, 0.15) is 37.5 Å². The number of halogens is 2. The fourth-order valence-electron chi connectivity index (χ4n) is 2.01. The number of alkyl halides is 2. The van der Waals surface area contributed by atoms with Gasteiger partial charge in [0.25, 0.3) is 5.92 Å². The predicted molar refractivity (Wildman–Crippen MR) is 60.7 cm³/mol. The van der Waals surface area contributed by atoms with E-state index in [2.05, 4.69) is 26.1 Å². The van der Waals surface area contributed by atoms with E-state index < -0.39 is 5.92 Å². The quantitative estimate of drug-likeness (QED) is 0.715. The molecule has 88 valence electrons. The van der Waals surface area contributed by atoms with Crippen molar-refractivity contribution in [1.29, 1.82) is 0 Å². The van der Waals surface area contributed by atoms with Crippen molar-refractivity contribution in [3.63, 3.8) is 0 Å². The summed E-state index contributed by atoms with van der Waals surface area (Å²) in [6.45, 7) is 6.54. The van der Waals surface area contributed by atoms with Crippen LogP contribution in [0, 0.1) is 0 Å². The van der Waals surface area contributed by atoms with Crippen molar-refractivity contribution in [2.45, 2.75) is 38.7 Å². The van der Waals surface area contributed by atoms with Crippen LogP contribution in [0.25, 0.3) is 0 Å². The van der Waals surface area contributed by atoms with E-state index in [0.29, 0.717) is 6.54 Å². The molecular weight excluding hydrogens is 208 g/mol. The van der Waals surface area contributed by atoms with Crippen LogP contribution < -0.4 is 5.32 Å². The summed E-state index contributed by atoms with van der Waals surface area (Å²) in [6.07, 6.45) is 0. The van der Waals surface area contributed by atoms with Crippen molar-refractivity contribution in [2.24, 2.45) is 0 Å². The molecule has 0 aliphatic carbocycles. The molecule has 0 fully saturated rings. The average molecular weight is 225 g/mol. The molecule has 1 aromatic carbocycles. The van der Waals surface area contributed by atoms with Crippen LogP contribution >= 0.6 is 0 Å². The van der Waals surface area contributed by atoms with Crippen molar-refractivity contribution in [3.05, 3.63) is 34.9 Å². The lowest BCUT2D eigenvalue weighted by Gasteiger charge is -2.28. The molecule has 1 heterocycles. The van der Waals surface area contributed by atoms with Crippen molar-refractivity contribution < 1.29 is 8.78 Å². The van der Waals surface area contributed by atoms with Gasteiger partial charge >= 0.3 is 0 Å². The Kier molecular flexibility index (Phi) is 2.54. The zero-order chi connectivity index (χ0) is 12.0. The van der Waals surface area contributed by atoms with Crippen LogP contribution in [-0.4, -0.2) is 6.54 Å². The highest BCUT2D eigenvalue weighted by molar-refractivity contribution is 5.39. The Morgan fingerprint density at radius 3 is 2.56 bits per heavy atom. The molecule has 0 amide bonds. The first-order chi connectivity index (χ1) is 7.31. The largest absolute Gasteiger partial charge is 0.307 e. The summed E-state index contributed by atoms with van der Waals surface area (Å²) in [5, 5.41) is 2.76. The van der Waals surface area contributed by atoms with E-state index in [4.69, 9.17) is 0 Å². The van der Waals surface area contributed by atoms with Crippen molar-refractivity contribution in [1.82, 2.24) is 5.32 Å². The second-order valence-electron chi connectivity index (χ2n) is 5.43. The Hall–Kier alpha value is -0.960. The third-order valence-corrected chi connectivity index (χ3v) is 3.03. The second kappa shape index (κ2) is 3.52. The summed E-state index contributed by atoms with van der Waals surface area (Å²) in [4.78, 5) is 0. The first-order valence-corrected chi connectivity index (χ1v) is 5.53. The molecule has 1 aliphatic rings. The molecular formula is C13H17F2N. The highest BCUT2D eigenvalue weighted by Crippen LogP contribution is 2.35. The first kappa shape index (κ1) is 11.5. The van der Waals surface area contributed by atoms with Gasteiger partial charge in [0.1, 0.15) is 0 Å². The van der Waals surface area contributed by atoms with Gasteiger partial charge < -0.3 is 5.32 Å². The van der Waals surface area contributed by atoms with Gasteiger partial charge in [-0.25, -0.2) is 0 Å². The highest BCUT2D eigenvalue weighted by atomic mass is 19.3. The molecule has 0 atom stereocenters. The minimum atomic E-state index is -2.73. The minimum Gasteiger partial charge on any atom is -0.307 e. The zero-order valence-electron chi connectivity index (χ0n) is 9.90. The number of hydrogen-bond acceptors (Lipinski definition) is 1. The van der Waals surface area contributed by atoms with Gasteiger partial charge in [-0.2, -0.15) is 8.78 Å². The third kappa shape index (κ3) is 1.96. The normalized spacial score (nSPS) is 19.3. The van der Waals surface area contributed by atoms with E-state index in [1.54, 1.807) is 6.07 Å². The molecule has 0 saturated heterocycles. The van der Waals surface area contributed by atoms with E-state index in [9.17, 15) is 8.78 Å². The molecule has 2 rings (SSSR count). The monoisotopic (exact) mass is 225 g/mol. The smallest absolute Gasteiger partial charge is 0.285 e. The number of rotatable bonds is 0. The van der Waals surface area contributed by atoms with E-state index in [-0.39, 0.29) is 17.5 Å². The summed E-state index contributed by atoms with van der Waals surface area (Å²) in [5.74, 6) is -2.73. The van der Waals surface area contributed by atoms with E-state index in [0.717, 1.165) is 11.1 Å². The molecule has 0 radical (unpaired) electrons. The molecule has 1 N–H and O–H groups in total. The van der Waals surface area contributed by atoms with E-state index in [1.165, 1.54) is 0 Å². The standard InChI is InChI=1S/C13H17F2N/c1-12(2,3)10-4-5-11-9(6-10)7-16-8-13(11,14)15/h4-6,16H,7-8H2,1-3H3. The molecule has 1 aliphatic heterocycles. The zero-order valence-corrected chi connectivity index (χ0v) is 9.90. The lowest BCUT2D eigenvalue weighted by Crippen LogP contribution is -2.37. The predicted octanol–water partition coefficient (Wildman–Crippen LogP) is 3.18. The first-order valence-electron chi connectivity index (χ1n) is 5.53. The Balaban J connectivity index is 2.48. The van der Waals surface area contributed by atoms with Crippen LogP contribution in [0.3, 0.4) is 0 Å². The Morgan fingerprint density at radius 1 is 1.25 bits per heavy atom. The van der Waals surface area contributed by atoms with Crippen molar-refractivity contribution in [3.8, 4) is 0 Å². The fraction of sp³-hybridized carbons (Fsp3) is 0.538. The van der Waals surface area contributed by atoms with Gasteiger partial charge in [-0.05, 0) is 16.5 Å². The van der Waals surface area contributed by atoms with Crippen molar-refractivity contribution in [2.75, 3.05) is 6.54 Å². The van der Waals surface area contributed by atoms with Gasteiger partial charge in [-0.15, -0.1) is 0 Å².